The van der Waals surface area contributed by atoms with Crippen LogP contribution in [0, 0.1) is 24.0 Å². The maximum atomic E-state index is 14.7. The molecule has 0 spiro atoms. The van der Waals surface area contributed by atoms with E-state index >= 15 is 0 Å². The summed E-state index contributed by atoms with van der Waals surface area (Å²) < 4.78 is 43.4. The summed E-state index contributed by atoms with van der Waals surface area (Å²) in [6.45, 7) is 1.76. The van der Waals surface area contributed by atoms with Crippen LogP contribution in [0.4, 0.5) is 4.39 Å². The van der Waals surface area contributed by atoms with Crippen LogP contribution in [0.3, 0.4) is 0 Å². The van der Waals surface area contributed by atoms with Crippen LogP contribution >= 0.6 is 0 Å². The molecule has 172 valence electrons. The van der Waals surface area contributed by atoms with Gasteiger partial charge in [0, 0.05) is 42.4 Å². The number of aromatic nitrogens is 3. The Morgan fingerprint density at radius 1 is 1.18 bits per heavy atom. The fourth-order valence-electron chi connectivity index (χ4n) is 4.92. The average Bonchev–Trinajstić information content (AvgIpc) is 3.19. The Kier molecular flexibility index (Phi) is 5.32. The van der Waals surface area contributed by atoms with Gasteiger partial charge in [0.2, 0.25) is 0 Å². The van der Waals surface area contributed by atoms with E-state index in [0.717, 1.165) is 6.26 Å². The molecule has 0 atom stereocenters. The zero-order chi connectivity index (χ0) is 24.2. The van der Waals surface area contributed by atoms with Crippen LogP contribution in [0.15, 0.2) is 52.5 Å². The lowest BCUT2D eigenvalue weighted by Crippen LogP contribution is -2.30. The normalized spacial score (nSPS) is 15.2. The Hall–Kier alpha value is -3.45. The third-order valence-electron chi connectivity index (χ3n) is 6.63. The van der Waals surface area contributed by atoms with Crippen molar-refractivity contribution in [3.63, 3.8) is 0 Å². The molecule has 0 bridgehead atoms. The first-order valence-electron chi connectivity index (χ1n) is 11.1. The number of benzene rings is 1. The molecule has 0 radical (unpaired) electrons. The van der Waals surface area contributed by atoms with Crippen molar-refractivity contribution in [2.24, 2.45) is 0 Å². The molecule has 0 unspecified atom stereocenters. The first kappa shape index (κ1) is 22.4. The lowest BCUT2D eigenvalue weighted by Gasteiger charge is -2.25. The molecular weight excluding hydrogens is 454 g/mol. The molecule has 0 saturated carbocycles. The smallest absolute Gasteiger partial charge is 0.268 e. The quantitative estimate of drug-likeness (QED) is 0.416. The Morgan fingerprint density at radius 3 is 2.59 bits per heavy atom. The molecule has 0 amide bonds. The van der Waals surface area contributed by atoms with Crippen LogP contribution in [0.25, 0.3) is 27.5 Å². The first-order chi connectivity index (χ1) is 16.2. The zero-order valence-corrected chi connectivity index (χ0v) is 19.6. The summed E-state index contributed by atoms with van der Waals surface area (Å²) in [5.74, 6) is 1.77. The highest BCUT2D eigenvalue weighted by atomic mass is 32.2. The number of aryl methyl sites for hydroxylation is 1. The topological polar surface area (TPSA) is 97.2 Å². The molecular formula is C24H22BFN4O3S. The Morgan fingerprint density at radius 2 is 1.91 bits per heavy atom. The zero-order valence-electron chi connectivity index (χ0n) is 18.8. The number of sulfone groups is 1. The molecule has 1 aromatic carbocycles. The number of hydrogen-bond acceptors (Lipinski definition) is 5. The van der Waals surface area contributed by atoms with E-state index < -0.39 is 15.7 Å². The minimum absolute atomic E-state index is 0.00133. The van der Waals surface area contributed by atoms with Crippen molar-refractivity contribution >= 4 is 33.0 Å². The van der Waals surface area contributed by atoms with E-state index in [-0.39, 0.29) is 34.2 Å². The molecule has 1 aliphatic heterocycles. The maximum Gasteiger partial charge on any atom is 0.268 e. The second-order valence-electron chi connectivity index (χ2n) is 9.06. The molecule has 1 fully saturated rings. The molecule has 0 aliphatic carbocycles. The number of hydrogen-bond donors (Lipinski definition) is 0. The number of pyridine rings is 2. The van der Waals surface area contributed by atoms with Crippen LogP contribution in [0.5, 0.6) is 0 Å². The summed E-state index contributed by atoms with van der Waals surface area (Å²) in [7, 11) is -3.76. The van der Waals surface area contributed by atoms with Crippen molar-refractivity contribution in [1.82, 2.24) is 14.0 Å². The number of fused-ring (bicyclic) bond motifs is 2. The van der Waals surface area contributed by atoms with Gasteiger partial charge in [-0.15, -0.1) is 0 Å². The largest absolute Gasteiger partial charge is 0.312 e. The van der Waals surface area contributed by atoms with E-state index in [4.69, 9.17) is 5.26 Å². The van der Waals surface area contributed by atoms with Gasteiger partial charge in [-0.25, -0.2) is 23.1 Å². The molecule has 4 heterocycles. The molecule has 1 aliphatic rings. The van der Waals surface area contributed by atoms with Gasteiger partial charge in [0.25, 0.3) is 12.3 Å². The van der Waals surface area contributed by atoms with Crippen molar-refractivity contribution in [3.8, 4) is 17.1 Å². The SMILES string of the molecule is Cc1cn2cc(-c3cc(S(C)(=O)=O)c4c(=O)n(C5CCB(C#N)CC5)ccc4c3)cc(F)c2n1. The van der Waals surface area contributed by atoms with Gasteiger partial charge in [0.05, 0.1) is 16.0 Å². The highest BCUT2D eigenvalue weighted by Gasteiger charge is 2.27. The molecule has 1 saturated heterocycles. The van der Waals surface area contributed by atoms with Gasteiger partial charge >= 0.3 is 0 Å². The van der Waals surface area contributed by atoms with Gasteiger partial charge in [-0.05, 0) is 55.0 Å². The second kappa shape index (κ2) is 8.10. The van der Waals surface area contributed by atoms with Gasteiger partial charge in [-0.1, -0.05) is 12.6 Å². The summed E-state index contributed by atoms with van der Waals surface area (Å²) in [5, 5.41) is 9.77. The standard InChI is InChI=1S/C24H22BFN4O3S/c1-15-12-29-13-18(10-20(26)23(29)28-15)17-9-16-5-8-30(19-3-6-25(14-27)7-4-19)24(31)22(16)21(11-17)34(2,32)33/h5,8-13,19H,3-4,6-7H2,1-2H3. The highest BCUT2D eigenvalue weighted by molar-refractivity contribution is 7.91. The molecule has 34 heavy (non-hydrogen) atoms. The summed E-state index contributed by atoms with van der Waals surface area (Å²) in [5.41, 5.74) is 1.46. The Bertz CT molecular complexity index is 1660. The summed E-state index contributed by atoms with van der Waals surface area (Å²) in [6.07, 6.45) is 8.97. The predicted octanol–water partition coefficient (Wildman–Crippen LogP) is 4.06. The predicted molar refractivity (Wildman–Crippen MR) is 129 cm³/mol. The van der Waals surface area contributed by atoms with Gasteiger partial charge < -0.3 is 8.97 Å². The van der Waals surface area contributed by atoms with Gasteiger partial charge in [0.15, 0.2) is 21.3 Å². The number of rotatable bonds is 3. The summed E-state index contributed by atoms with van der Waals surface area (Å²) in [4.78, 5) is 17.6. The van der Waals surface area contributed by atoms with Crippen molar-refractivity contribution in [2.75, 3.05) is 6.26 Å². The van der Waals surface area contributed by atoms with Crippen molar-refractivity contribution in [2.45, 2.75) is 43.3 Å². The second-order valence-corrected chi connectivity index (χ2v) is 11.0. The minimum atomic E-state index is -3.76. The third kappa shape index (κ3) is 3.80. The Labute approximate surface area is 196 Å². The number of halogens is 1. The lowest BCUT2D eigenvalue weighted by atomic mass is 9.42. The minimum Gasteiger partial charge on any atom is -0.312 e. The molecule has 0 N–H and O–H groups in total. The van der Waals surface area contributed by atoms with Crippen LogP contribution in [-0.4, -0.2) is 35.3 Å². The Balaban J connectivity index is 1.69. The van der Waals surface area contributed by atoms with E-state index in [1.165, 1.54) is 12.1 Å². The van der Waals surface area contributed by atoms with Crippen molar-refractivity contribution in [1.29, 1.82) is 5.26 Å². The van der Waals surface area contributed by atoms with E-state index in [1.807, 2.05) is 0 Å². The fraction of sp³-hybridized carbons (Fsp3) is 0.292. The highest BCUT2D eigenvalue weighted by Crippen LogP contribution is 2.32. The number of nitrogens with zero attached hydrogens (tertiary/aromatic N) is 4. The van der Waals surface area contributed by atoms with Crippen LogP contribution in [0.2, 0.25) is 12.6 Å². The monoisotopic (exact) mass is 476 g/mol. The van der Waals surface area contributed by atoms with Crippen LogP contribution in [0.1, 0.15) is 24.6 Å². The van der Waals surface area contributed by atoms with E-state index in [1.54, 1.807) is 46.6 Å². The number of nitriles is 1. The van der Waals surface area contributed by atoms with Crippen molar-refractivity contribution < 1.29 is 12.8 Å². The van der Waals surface area contributed by atoms with Crippen LogP contribution < -0.4 is 5.56 Å². The average molecular weight is 476 g/mol. The molecule has 5 rings (SSSR count). The van der Waals surface area contributed by atoms with Gasteiger partial charge in [-0.3, -0.25) is 4.79 Å². The third-order valence-corrected chi connectivity index (χ3v) is 7.75. The molecule has 4 aromatic rings. The van der Waals surface area contributed by atoms with E-state index in [0.29, 0.717) is 47.7 Å². The van der Waals surface area contributed by atoms with E-state index in [2.05, 4.69) is 11.0 Å². The molecule has 10 heteroatoms. The van der Waals surface area contributed by atoms with Gasteiger partial charge in [-0.2, -0.15) is 0 Å². The number of imidazole rings is 1. The summed E-state index contributed by atoms with van der Waals surface area (Å²) >= 11 is 0. The van der Waals surface area contributed by atoms with E-state index in [9.17, 15) is 17.6 Å². The van der Waals surface area contributed by atoms with Gasteiger partial charge in [0.1, 0.15) is 0 Å². The first-order valence-corrected chi connectivity index (χ1v) is 13.0. The fourth-order valence-corrected chi connectivity index (χ4v) is 5.84. The molecule has 3 aromatic heterocycles. The maximum absolute atomic E-state index is 14.7. The molecule has 7 nitrogen and oxygen atoms in total. The summed E-state index contributed by atoms with van der Waals surface area (Å²) in [6, 6.07) is 6.15. The lowest BCUT2D eigenvalue weighted by molar-refractivity contribution is 0.444. The van der Waals surface area contributed by atoms with Crippen molar-refractivity contribution in [3.05, 3.63) is 64.7 Å². The van der Waals surface area contributed by atoms with Crippen LogP contribution in [-0.2, 0) is 9.84 Å².